The Morgan fingerprint density at radius 3 is 2.12 bits per heavy atom. The van der Waals surface area contributed by atoms with Crippen LogP contribution in [0.25, 0.3) is 0 Å². The van der Waals surface area contributed by atoms with E-state index in [0.29, 0.717) is 17.4 Å². The van der Waals surface area contributed by atoms with Gasteiger partial charge in [-0.25, -0.2) is 0 Å². The van der Waals surface area contributed by atoms with Crippen molar-refractivity contribution in [2.24, 2.45) is 17.1 Å². The lowest BCUT2D eigenvalue weighted by molar-refractivity contribution is 0.475. The molecule has 0 bridgehead atoms. The van der Waals surface area contributed by atoms with Gasteiger partial charge in [-0.2, -0.15) is 0 Å². The summed E-state index contributed by atoms with van der Waals surface area (Å²) in [5.74, 6) is 0.711. The van der Waals surface area contributed by atoms with Crippen LogP contribution in [-0.2, 0) is 6.42 Å². The highest BCUT2D eigenvalue weighted by Gasteiger charge is 2.48. The molecule has 2 atom stereocenters. The van der Waals surface area contributed by atoms with Gasteiger partial charge in [0.25, 0.3) is 0 Å². The van der Waals surface area contributed by atoms with Crippen LogP contribution in [0.4, 0.5) is 0 Å². The quantitative estimate of drug-likeness (QED) is 0.846. The van der Waals surface area contributed by atoms with Gasteiger partial charge in [0.05, 0.1) is 0 Å². The van der Waals surface area contributed by atoms with Crippen LogP contribution in [0.1, 0.15) is 42.5 Å². The van der Waals surface area contributed by atoms with E-state index in [9.17, 15) is 0 Å². The molecule has 0 radical (unpaired) electrons. The fraction of sp³-hybridized carbons (Fsp3) is 0.625. The van der Waals surface area contributed by atoms with E-state index in [2.05, 4.69) is 46.8 Å². The lowest BCUT2D eigenvalue weighted by Crippen LogP contribution is -2.28. The summed E-state index contributed by atoms with van der Waals surface area (Å²) in [4.78, 5) is 0. The third kappa shape index (κ3) is 2.55. The molecule has 1 aromatic carbocycles. The first-order valence-electron chi connectivity index (χ1n) is 6.63. The predicted octanol–water partition coefficient (Wildman–Crippen LogP) is 3.53. The molecule has 2 N–H and O–H groups in total. The zero-order valence-corrected chi connectivity index (χ0v) is 11.8. The van der Waals surface area contributed by atoms with Crippen molar-refractivity contribution in [1.82, 2.24) is 0 Å². The highest BCUT2D eigenvalue weighted by atomic mass is 14.7. The molecule has 0 spiro atoms. The van der Waals surface area contributed by atoms with E-state index in [-0.39, 0.29) is 0 Å². The number of aryl methyl sites for hydroxylation is 3. The Hall–Kier alpha value is -0.820. The van der Waals surface area contributed by atoms with Crippen LogP contribution < -0.4 is 5.73 Å². The Labute approximate surface area is 105 Å². The van der Waals surface area contributed by atoms with Gasteiger partial charge < -0.3 is 5.73 Å². The predicted molar refractivity (Wildman–Crippen MR) is 74.2 cm³/mol. The van der Waals surface area contributed by atoms with Gasteiger partial charge in [-0.15, -0.1) is 0 Å². The molecular formula is C16H25N. The fourth-order valence-electron chi connectivity index (χ4n) is 3.15. The molecule has 2 unspecified atom stereocenters. The average Bonchev–Trinajstić information content (AvgIpc) is 2.81. The number of benzene rings is 1. The Bertz CT molecular complexity index is 408. The summed E-state index contributed by atoms with van der Waals surface area (Å²) in [6.45, 7) is 11.2. The summed E-state index contributed by atoms with van der Waals surface area (Å²) < 4.78 is 0. The van der Waals surface area contributed by atoms with E-state index in [1.807, 2.05) is 0 Å². The Morgan fingerprint density at radius 2 is 1.71 bits per heavy atom. The van der Waals surface area contributed by atoms with Crippen LogP contribution in [-0.4, -0.2) is 6.04 Å². The third-order valence-electron chi connectivity index (χ3n) is 4.39. The number of hydrogen-bond donors (Lipinski definition) is 1. The van der Waals surface area contributed by atoms with Crippen LogP contribution in [0.5, 0.6) is 0 Å². The molecule has 1 fully saturated rings. The molecule has 1 aromatic rings. The van der Waals surface area contributed by atoms with Crippen molar-refractivity contribution in [2.45, 2.75) is 53.5 Å². The van der Waals surface area contributed by atoms with Crippen molar-refractivity contribution in [3.63, 3.8) is 0 Å². The average molecular weight is 231 g/mol. The highest BCUT2D eigenvalue weighted by molar-refractivity contribution is 5.38. The van der Waals surface area contributed by atoms with Crippen LogP contribution >= 0.6 is 0 Å². The molecule has 0 amide bonds. The normalized spacial score (nSPS) is 23.5. The molecule has 0 aliphatic heterocycles. The number of nitrogens with two attached hydrogens (primary N) is 1. The van der Waals surface area contributed by atoms with Crippen molar-refractivity contribution >= 4 is 0 Å². The maximum absolute atomic E-state index is 6.36. The van der Waals surface area contributed by atoms with E-state index < -0.39 is 0 Å². The molecule has 1 heteroatoms. The summed E-state index contributed by atoms with van der Waals surface area (Å²) >= 11 is 0. The highest BCUT2D eigenvalue weighted by Crippen LogP contribution is 2.53. The van der Waals surface area contributed by atoms with Gasteiger partial charge in [-0.05, 0) is 61.6 Å². The van der Waals surface area contributed by atoms with Gasteiger partial charge in [-0.1, -0.05) is 31.5 Å². The second-order valence-corrected chi connectivity index (χ2v) is 6.54. The van der Waals surface area contributed by atoms with Crippen LogP contribution in [0.2, 0.25) is 0 Å². The van der Waals surface area contributed by atoms with E-state index in [1.54, 1.807) is 0 Å². The van der Waals surface area contributed by atoms with E-state index in [4.69, 9.17) is 5.73 Å². The van der Waals surface area contributed by atoms with Gasteiger partial charge in [0.15, 0.2) is 0 Å². The minimum absolute atomic E-state index is 0.324. The molecule has 0 saturated heterocycles. The zero-order chi connectivity index (χ0) is 12.8. The Morgan fingerprint density at radius 1 is 1.24 bits per heavy atom. The number of rotatable bonds is 3. The molecule has 1 aliphatic rings. The van der Waals surface area contributed by atoms with Crippen LogP contribution in [0.3, 0.4) is 0 Å². The summed E-state index contributed by atoms with van der Waals surface area (Å²) in [5, 5.41) is 0. The largest absolute Gasteiger partial charge is 0.327 e. The maximum Gasteiger partial charge on any atom is 0.0113 e. The summed E-state index contributed by atoms with van der Waals surface area (Å²) in [6, 6.07) is 4.87. The van der Waals surface area contributed by atoms with Gasteiger partial charge in [0, 0.05) is 6.04 Å². The van der Waals surface area contributed by atoms with Gasteiger partial charge >= 0.3 is 0 Å². The van der Waals surface area contributed by atoms with Gasteiger partial charge in [0.1, 0.15) is 0 Å². The van der Waals surface area contributed by atoms with Crippen molar-refractivity contribution in [2.75, 3.05) is 0 Å². The monoisotopic (exact) mass is 231 g/mol. The standard InChI is InChI=1S/C16H25N/c1-10-6-11(2)13(12(3)7-10)8-15(17)14-9-16(14,4)5/h6-7,14-15H,8-9,17H2,1-5H3. The second kappa shape index (κ2) is 4.13. The summed E-state index contributed by atoms with van der Waals surface area (Å²) in [5.41, 5.74) is 12.5. The van der Waals surface area contributed by atoms with Crippen molar-refractivity contribution in [1.29, 1.82) is 0 Å². The van der Waals surface area contributed by atoms with E-state index in [1.165, 1.54) is 28.7 Å². The molecule has 0 aromatic heterocycles. The summed E-state index contributed by atoms with van der Waals surface area (Å²) in [7, 11) is 0. The molecular weight excluding hydrogens is 206 g/mol. The van der Waals surface area contributed by atoms with Gasteiger partial charge in [0.2, 0.25) is 0 Å². The lowest BCUT2D eigenvalue weighted by atomic mass is 9.91. The smallest absolute Gasteiger partial charge is 0.0113 e. The first kappa shape index (κ1) is 12.6. The zero-order valence-electron chi connectivity index (χ0n) is 11.8. The maximum atomic E-state index is 6.36. The fourth-order valence-corrected chi connectivity index (χ4v) is 3.15. The van der Waals surface area contributed by atoms with Gasteiger partial charge in [-0.3, -0.25) is 0 Å². The molecule has 1 saturated carbocycles. The minimum atomic E-state index is 0.324. The van der Waals surface area contributed by atoms with E-state index >= 15 is 0 Å². The first-order chi connectivity index (χ1) is 7.81. The molecule has 94 valence electrons. The SMILES string of the molecule is Cc1cc(C)c(CC(N)C2CC2(C)C)c(C)c1. The molecule has 0 heterocycles. The van der Waals surface area contributed by atoms with Crippen molar-refractivity contribution in [3.05, 3.63) is 34.4 Å². The molecule has 2 rings (SSSR count). The topological polar surface area (TPSA) is 26.0 Å². The Kier molecular flexibility index (Phi) is 3.07. The second-order valence-electron chi connectivity index (χ2n) is 6.54. The van der Waals surface area contributed by atoms with E-state index in [0.717, 1.165) is 6.42 Å². The van der Waals surface area contributed by atoms with Crippen LogP contribution in [0, 0.1) is 32.1 Å². The first-order valence-corrected chi connectivity index (χ1v) is 6.63. The molecule has 17 heavy (non-hydrogen) atoms. The lowest BCUT2D eigenvalue weighted by Gasteiger charge is -2.17. The van der Waals surface area contributed by atoms with Crippen molar-refractivity contribution in [3.8, 4) is 0 Å². The summed E-state index contributed by atoms with van der Waals surface area (Å²) in [6.07, 6.45) is 2.32. The molecule has 1 nitrogen and oxygen atoms in total. The number of hydrogen-bond acceptors (Lipinski definition) is 1. The minimum Gasteiger partial charge on any atom is -0.327 e. The van der Waals surface area contributed by atoms with Crippen LogP contribution in [0.15, 0.2) is 12.1 Å². The van der Waals surface area contributed by atoms with Crippen molar-refractivity contribution < 1.29 is 0 Å². The Balaban J connectivity index is 2.14. The third-order valence-corrected chi connectivity index (χ3v) is 4.39. The molecule has 1 aliphatic carbocycles.